The van der Waals surface area contributed by atoms with Gasteiger partial charge in [-0.2, -0.15) is 8.42 Å². The van der Waals surface area contributed by atoms with Crippen molar-refractivity contribution in [2.24, 2.45) is 0 Å². The summed E-state index contributed by atoms with van der Waals surface area (Å²) in [6, 6.07) is 20.0. The standard InChI is InChI=1S/C20H13ClO4S/c21-17-10-9-13-5-1-2-6-14(13)20(17)25-26(23,24)19-12-11-18(22)15-7-3-4-8-16(15)19/h1-12,22H. The molecule has 4 aromatic carbocycles. The Morgan fingerprint density at radius 3 is 2.19 bits per heavy atom. The minimum atomic E-state index is -4.17. The van der Waals surface area contributed by atoms with Gasteiger partial charge in [-0.05, 0) is 23.6 Å². The number of fused-ring (bicyclic) bond motifs is 2. The molecule has 0 fully saturated rings. The molecule has 0 aliphatic rings. The van der Waals surface area contributed by atoms with Crippen molar-refractivity contribution in [3.63, 3.8) is 0 Å². The van der Waals surface area contributed by atoms with Gasteiger partial charge in [0.15, 0.2) is 5.75 Å². The predicted molar refractivity (Wildman–Crippen MR) is 102 cm³/mol. The Hall–Kier alpha value is -2.76. The second kappa shape index (κ2) is 6.20. The van der Waals surface area contributed by atoms with Crippen molar-refractivity contribution in [3.05, 3.63) is 77.8 Å². The van der Waals surface area contributed by atoms with E-state index in [-0.39, 0.29) is 21.4 Å². The van der Waals surface area contributed by atoms with E-state index in [2.05, 4.69) is 0 Å². The van der Waals surface area contributed by atoms with Crippen LogP contribution in [0.5, 0.6) is 11.5 Å². The lowest BCUT2D eigenvalue weighted by Gasteiger charge is -2.13. The lowest BCUT2D eigenvalue weighted by molar-refractivity contribution is 0.480. The SMILES string of the molecule is O=S(=O)(Oc1c(Cl)ccc2ccccc12)c1ccc(O)c2ccccc12. The molecular weight excluding hydrogens is 372 g/mol. The summed E-state index contributed by atoms with van der Waals surface area (Å²) in [5.41, 5.74) is 0. The van der Waals surface area contributed by atoms with Crippen molar-refractivity contribution in [2.75, 3.05) is 0 Å². The molecule has 0 radical (unpaired) electrons. The van der Waals surface area contributed by atoms with Crippen molar-refractivity contribution in [2.45, 2.75) is 4.90 Å². The van der Waals surface area contributed by atoms with Crippen LogP contribution < -0.4 is 4.18 Å². The molecule has 0 aliphatic carbocycles. The largest absolute Gasteiger partial charge is 0.507 e. The minimum Gasteiger partial charge on any atom is -0.507 e. The average Bonchev–Trinajstić information content (AvgIpc) is 2.64. The van der Waals surface area contributed by atoms with E-state index in [1.165, 1.54) is 12.1 Å². The molecule has 0 bridgehead atoms. The molecule has 0 unspecified atom stereocenters. The molecule has 0 atom stereocenters. The summed E-state index contributed by atoms with van der Waals surface area (Å²) in [7, 11) is -4.17. The van der Waals surface area contributed by atoms with E-state index in [1.54, 1.807) is 48.5 Å². The first-order valence-electron chi connectivity index (χ1n) is 7.80. The Balaban J connectivity index is 1.91. The van der Waals surface area contributed by atoms with Crippen LogP contribution in [0.4, 0.5) is 0 Å². The molecule has 0 aliphatic heterocycles. The van der Waals surface area contributed by atoms with Crippen LogP contribution in [0.25, 0.3) is 21.5 Å². The number of phenols is 1. The third-order valence-electron chi connectivity index (χ3n) is 4.15. The van der Waals surface area contributed by atoms with E-state index in [1.807, 2.05) is 12.1 Å². The van der Waals surface area contributed by atoms with Gasteiger partial charge in [-0.3, -0.25) is 0 Å². The summed E-state index contributed by atoms with van der Waals surface area (Å²) >= 11 is 6.21. The Kier molecular flexibility index (Phi) is 3.98. The van der Waals surface area contributed by atoms with Crippen LogP contribution in [0.3, 0.4) is 0 Å². The van der Waals surface area contributed by atoms with E-state index in [9.17, 15) is 13.5 Å². The maximum atomic E-state index is 13.0. The highest BCUT2D eigenvalue weighted by Gasteiger charge is 2.23. The van der Waals surface area contributed by atoms with Crippen LogP contribution in [-0.4, -0.2) is 13.5 Å². The topological polar surface area (TPSA) is 63.6 Å². The summed E-state index contributed by atoms with van der Waals surface area (Å²) in [6.45, 7) is 0. The highest BCUT2D eigenvalue weighted by molar-refractivity contribution is 7.87. The van der Waals surface area contributed by atoms with Gasteiger partial charge >= 0.3 is 10.1 Å². The second-order valence-electron chi connectivity index (χ2n) is 5.76. The zero-order valence-corrected chi connectivity index (χ0v) is 15.0. The fourth-order valence-corrected chi connectivity index (χ4v) is 4.35. The summed E-state index contributed by atoms with van der Waals surface area (Å²) in [5.74, 6) is 0.0877. The van der Waals surface area contributed by atoms with Gasteiger partial charge in [-0.15, -0.1) is 0 Å². The zero-order chi connectivity index (χ0) is 18.3. The van der Waals surface area contributed by atoms with Crippen molar-refractivity contribution < 1.29 is 17.7 Å². The lowest BCUT2D eigenvalue weighted by Crippen LogP contribution is -2.11. The predicted octanol–water partition coefficient (Wildman–Crippen LogP) is 5.12. The third-order valence-corrected chi connectivity index (χ3v) is 5.73. The van der Waals surface area contributed by atoms with E-state index in [0.717, 1.165) is 5.39 Å². The van der Waals surface area contributed by atoms with Crippen LogP contribution in [0.2, 0.25) is 5.02 Å². The molecule has 130 valence electrons. The van der Waals surface area contributed by atoms with E-state index in [0.29, 0.717) is 16.2 Å². The van der Waals surface area contributed by atoms with Gasteiger partial charge < -0.3 is 9.29 Å². The van der Waals surface area contributed by atoms with Crippen molar-refractivity contribution in [1.29, 1.82) is 0 Å². The molecule has 4 rings (SSSR count). The van der Waals surface area contributed by atoms with Crippen molar-refractivity contribution >= 4 is 43.3 Å². The molecule has 0 heterocycles. The smallest absolute Gasteiger partial charge is 0.339 e. The van der Waals surface area contributed by atoms with Gasteiger partial charge in [0, 0.05) is 16.2 Å². The molecule has 4 nitrogen and oxygen atoms in total. The lowest BCUT2D eigenvalue weighted by atomic mass is 10.1. The molecule has 1 N–H and O–H groups in total. The summed E-state index contributed by atoms with van der Waals surface area (Å²) in [6.07, 6.45) is 0. The highest BCUT2D eigenvalue weighted by atomic mass is 35.5. The van der Waals surface area contributed by atoms with Crippen LogP contribution in [0.15, 0.2) is 77.7 Å². The highest BCUT2D eigenvalue weighted by Crippen LogP contribution is 2.37. The summed E-state index contributed by atoms with van der Waals surface area (Å²) in [5, 5.41) is 12.4. The normalized spacial score (nSPS) is 11.7. The van der Waals surface area contributed by atoms with Crippen LogP contribution in [0.1, 0.15) is 0 Å². The molecule has 0 saturated carbocycles. The molecule has 0 spiro atoms. The molecule has 6 heteroatoms. The maximum Gasteiger partial charge on any atom is 0.339 e. The Morgan fingerprint density at radius 2 is 1.42 bits per heavy atom. The first kappa shape index (κ1) is 16.7. The fraction of sp³-hybridized carbons (Fsp3) is 0. The van der Waals surface area contributed by atoms with Crippen molar-refractivity contribution in [3.8, 4) is 11.5 Å². The molecule has 26 heavy (non-hydrogen) atoms. The number of aromatic hydroxyl groups is 1. The number of halogens is 1. The number of hydrogen-bond donors (Lipinski definition) is 1. The van der Waals surface area contributed by atoms with Crippen LogP contribution in [0, 0.1) is 0 Å². The van der Waals surface area contributed by atoms with Gasteiger partial charge in [-0.1, -0.05) is 66.2 Å². The quantitative estimate of drug-likeness (QED) is 0.498. The van der Waals surface area contributed by atoms with Gasteiger partial charge in [0.25, 0.3) is 0 Å². The first-order valence-corrected chi connectivity index (χ1v) is 9.58. The van der Waals surface area contributed by atoms with Crippen molar-refractivity contribution in [1.82, 2.24) is 0 Å². The van der Waals surface area contributed by atoms with Crippen LogP contribution in [-0.2, 0) is 10.1 Å². The Bertz CT molecular complexity index is 1250. The molecular formula is C20H13ClO4S. The molecule has 0 saturated heterocycles. The Labute approximate surface area is 155 Å². The monoisotopic (exact) mass is 384 g/mol. The van der Waals surface area contributed by atoms with Gasteiger partial charge in [0.05, 0.1) is 5.02 Å². The Morgan fingerprint density at radius 1 is 0.769 bits per heavy atom. The zero-order valence-electron chi connectivity index (χ0n) is 13.4. The molecule has 4 aromatic rings. The molecule has 0 amide bonds. The average molecular weight is 385 g/mol. The van der Waals surface area contributed by atoms with E-state index in [4.69, 9.17) is 15.8 Å². The fourth-order valence-electron chi connectivity index (χ4n) is 2.93. The maximum absolute atomic E-state index is 13.0. The van der Waals surface area contributed by atoms with E-state index >= 15 is 0 Å². The number of rotatable bonds is 3. The summed E-state index contributed by atoms with van der Waals surface area (Å²) < 4.78 is 31.4. The summed E-state index contributed by atoms with van der Waals surface area (Å²) in [4.78, 5) is -0.0325. The second-order valence-corrected chi connectivity index (χ2v) is 7.69. The van der Waals surface area contributed by atoms with E-state index < -0.39 is 10.1 Å². The minimum absolute atomic E-state index is 0.00254. The number of hydrogen-bond acceptors (Lipinski definition) is 4. The number of phenolic OH excluding ortho intramolecular Hbond substituents is 1. The van der Waals surface area contributed by atoms with Gasteiger partial charge in [-0.25, -0.2) is 0 Å². The third kappa shape index (κ3) is 2.75. The van der Waals surface area contributed by atoms with Gasteiger partial charge in [0.1, 0.15) is 10.6 Å². The number of benzene rings is 4. The first-order chi connectivity index (χ1) is 12.5. The van der Waals surface area contributed by atoms with Gasteiger partial charge in [0.2, 0.25) is 0 Å². The van der Waals surface area contributed by atoms with Crippen LogP contribution >= 0.6 is 11.6 Å². The molecule has 0 aromatic heterocycles.